The smallest absolute Gasteiger partial charge is 0.338 e. The van der Waals surface area contributed by atoms with Gasteiger partial charge in [-0.25, -0.2) is 18.0 Å². The third kappa shape index (κ3) is 5.92. The number of hydrogen-bond donors (Lipinski definition) is 2. The number of hydrogen-bond acceptors (Lipinski definition) is 8. The van der Waals surface area contributed by atoms with E-state index in [1.807, 2.05) is 17.4 Å². The van der Waals surface area contributed by atoms with Crippen LogP contribution in [0.4, 0.5) is 10.5 Å². The minimum atomic E-state index is -4.09. The van der Waals surface area contributed by atoms with Gasteiger partial charge in [-0.3, -0.25) is 14.4 Å². The molecule has 0 spiro atoms. The molecule has 194 valence electrons. The zero-order valence-corrected chi connectivity index (χ0v) is 20.7. The maximum Gasteiger partial charge on any atom is 0.338 e. The maximum absolute atomic E-state index is 13.6. The van der Waals surface area contributed by atoms with Crippen LogP contribution in [0.3, 0.4) is 0 Å². The van der Waals surface area contributed by atoms with E-state index in [4.69, 9.17) is 13.9 Å². The molecule has 37 heavy (non-hydrogen) atoms. The molecule has 1 aliphatic heterocycles. The number of nitrogens with zero attached hydrogens (tertiary/aromatic N) is 1. The summed E-state index contributed by atoms with van der Waals surface area (Å²) in [6, 6.07) is 13.6. The van der Waals surface area contributed by atoms with Gasteiger partial charge in [-0.2, -0.15) is 0 Å². The Morgan fingerprint density at radius 1 is 1.08 bits per heavy atom. The molecular weight excluding hydrogens is 502 g/mol. The minimum absolute atomic E-state index is 0.0607. The lowest BCUT2D eigenvalue weighted by Crippen LogP contribution is -2.41. The number of sulfonamides is 1. The molecule has 0 saturated carbocycles. The Morgan fingerprint density at radius 3 is 2.65 bits per heavy atom. The number of urea groups is 1. The van der Waals surface area contributed by atoms with Crippen molar-refractivity contribution in [3.05, 3.63) is 77.7 Å². The van der Waals surface area contributed by atoms with Crippen molar-refractivity contribution < 1.29 is 36.7 Å². The Balaban J connectivity index is 1.43. The molecule has 0 aliphatic carbocycles. The number of anilines is 1. The summed E-state index contributed by atoms with van der Waals surface area (Å²) in [6.45, 7) is -0.406. The number of aryl methyl sites for hydroxylation is 1. The van der Waals surface area contributed by atoms with Gasteiger partial charge < -0.3 is 19.2 Å². The summed E-state index contributed by atoms with van der Waals surface area (Å²) in [5, 5.41) is 4.44. The van der Waals surface area contributed by atoms with Crippen LogP contribution in [0.25, 0.3) is 0 Å². The van der Waals surface area contributed by atoms with Gasteiger partial charge in [0.1, 0.15) is 16.4 Å². The number of nitrogens with one attached hydrogen (secondary N) is 2. The van der Waals surface area contributed by atoms with Crippen LogP contribution in [-0.4, -0.2) is 46.6 Å². The SMILES string of the molecule is COc1ccc(C(=O)OCC(=O)NC(=O)NCc2ccco2)cc1S(=O)(=O)N1CCCc2ccccc21. The summed E-state index contributed by atoms with van der Waals surface area (Å²) >= 11 is 0. The second-order valence-corrected chi connectivity index (χ2v) is 9.89. The largest absolute Gasteiger partial charge is 0.495 e. The summed E-state index contributed by atoms with van der Waals surface area (Å²) in [7, 11) is -2.75. The van der Waals surface area contributed by atoms with Crippen LogP contribution in [-0.2, 0) is 32.5 Å². The molecular formula is C25H25N3O8S. The van der Waals surface area contributed by atoms with Gasteiger partial charge in [-0.1, -0.05) is 18.2 Å². The Bertz CT molecular complexity index is 1400. The topological polar surface area (TPSA) is 144 Å². The van der Waals surface area contributed by atoms with Crippen LogP contribution in [0.2, 0.25) is 0 Å². The molecule has 4 rings (SSSR count). The maximum atomic E-state index is 13.6. The number of methoxy groups -OCH3 is 1. The summed E-state index contributed by atoms with van der Waals surface area (Å²) in [4.78, 5) is 36.2. The Morgan fingerprint density at radius 2 is 1.89 bits per heavy atom. The van der Waals surface area contributed by atoms with Crippen molar-refractivity contribution in [1.29, 1.82) is 0 Å². The van der Waals surface area contributed by atoms with Gasteiger partial charge in [0.15, 0.2) is 6.61 Å². The van der Waals surface area contributed by atoms with Crippen molar-refractivity contribution in [3.8, 4) is 5.75 Å². The third-order valence-electron chi connectivity index (χ3n) is 5.63. The molecule has 1 aliphatic rings. The predicted molar refractivity (Wildman–Crippen MR) is 132 cm³/mol. The Hall–Kier alpha value is -4.32. The number of furan rings is 1. The number of rotatable bonds is 8. The lowest BCUT2D eigenvalue weighted by molar-refractivity contribution is -0.123. The van der Waals surface area contributed by atoms with Crippen molar-refractivity contribution in [1.82, 2.24) is 10.6 Å². The number of fused-ring (bicyclic) bond motifs is 1. The highest BCUT2D eigenvalue weighted by Crippen LogP contribution is 2.35. The van der Waals surface area contributed by atoms with Crippen molar-refractivity contribution in [3.63, 3.8) is 0 Å². The average Bonchev–Trinajstić information content (AvgIpc) is 3.43. The highest BCUT2D eigenvalue weighted by Gasteiger charge is 2.32. The molecule has 2 heterocycles. The molecule has 2 N–H and O–H groups in total. The normalized spacial score (nSPS) is 12.8. The van der Waals surface area contributed by atoms with E-state index in [1.165, 1.54) is 29.8 Å². The van der Waals surface area contributed by atoms with Gasteiger partial charge in [-0.05, 0) is 54.8 Å². The molecule has 0 fully saturated rings. The van der Waals surface area contributed by atoms with E-state index in [0.29, 0.717) is 17.9 Å². The first-order chi connectivity index (χ1) is 17.8. The number of ether oxygens (including phenoxy) is 2. The number of esters is 1. The van der Waals surface area contributed by atoms with Gasteiger partial charge in [-0.15, -0.1) is 0 Å². The van der Waals surface area contributed by atoms with Gasteiger partial charge in [0.2, 0.25) is 0 Å². The molecule has 11 nitrogen and oxygen atoms in total. The second-order valence-electron chi connectivity index (χ2n) is 8.06. The molecule has 0 radical (unpaired) electrons. The van der Waals surface area contributed by atoms with Gasteiger partial charge in [0.25, 0.3) is 15.9 Å². The highest BCUT2D eigenvalue weighted by molar-refractivity contribution is 7.93. The Labute approximate surface area is 213 Å². The molecule has 3 aromatic rings. The van der Waals surface area contributed by atoms with Crippen molar-refractivity contribution in [2.45, 2.75) is 24.3 Å². The van der Waals surface area contributed by atoms with Crippen LogP contribution in [0.1, 0.15) is 28.1 Å². The number of para-hydroxylation sites is 1. The molecule has 3 amide bonds. The van der Waals surface area contributed by atoms with Gasteiger partial charge in [0.05, 0.1) is 31.2 Å². The molecule has 2 aromatic carbocycles. The third-order valence-corrected chi connectivity index (χ3v) is 7.46. The van der Waals surface area contributed by atoms with Crippen LogP contribution < -0.4 is 19.7 Å². The average molecular weight is 528 g/mol. The summed E-state index contributed by atoms with van der Waals surface area (Å²) < 4.78 is 43.9. The zero-order valence-electron chi connectivity index (χ0n) is 19.9. The first-order valence-corrected chi connectivity index (χ1v) is 12.8. The van der Waals surface area contributed by atoms with Crippen molar-refractivity contribution in [2.24, 2.45) is 0 Å². The minimum Gasteiger partial charge on any atom is -0.495 e. The summed E-state index contributed by atoms with van der Waals surface area (Å²) in [5.74, 6) is -1.25. The van der Waals surface area contributed by atoms with Gasteiger partial charge >= 0.3 is 12.0 Å². The van der Waals surface area contributed by atoms with E-state index in [2.05, 4.69) is 5.32 Å². The van der Waals surface area contributed by atoms with E-state index >= 15 is 0 Å². The summed E-state index contributed by atoms with van der Waals surface area (Å²) in [5.41, 5.74) is 1.39. The fourth-order valence-electron chi connectivity index (χ4n) is 3.87. The standard InChI is InChI=1S/C25H25N3O8S/c1-34-21-11-10-18(24(30)36-16-23(29)27-25(31)26-15-19-8-5-13-35-19)14-22(21)37(32,33)28-12-4-7-17-6-2-3-9-20(17)28/h2-3,5-6,8-11,13-14H,4,7,12,15-16H2,1H3,(H2,26,27,29,31). The highest BCUT2D eigenvalue weighted by atomic mass is 32.2. The van der Waals surface area contributed by atoms with Crippen LogP contribution in [0, 0.1) is 0 Å². The molecule has 1 aromatic heterocycles. The van der Waals surface area contributed by atoms with Crippen LogP contribution in [0.5, 0.6) is 5.75 Å². The molecule has 0 atom stereocenters. The molecule has 0 unspecified atom stereocenters. The lowest BCUT2D eigenvalue weighted by atomic mass is 10.0. The lowest BCUT2D eigenvalue weighted by Gasteiger charge is -2.30. The van der Waals surface area contributed by atoms with Gasteiger partial charge in [0, 0.05) is 6.54 Å². The predicted octanol–water partition coefficient (Wildman–Crippen LogP) is 2.61. The zero-order chi connectivity index (χ0) is 26.4. The quantitative estimate of drug-likeness (QED) is 0.426. The fraction of sp³-hybridized carbons (Fsp3) is 0.240. The Kier molecular flexibility index (Phi) is 7.77. The molecule has 0 bridgehead atoms. The second kappa shape index (κ2) is 11.2. The number of amides is 3. The first kappa shape index (κ1) is 25.8. The van der Waals surface area contributed by atoms with E-state index in [-0.39, 0.29) is 29.3 Å². The van der Waals surface area contributed by atoms with Crippen LogP contribution >= 0.6 is 0 Å². The molecule has 0 saturated heterocycles. The van der Waals surface area contributed by atoms with E-state index in [9.17, 15) is 22.8 Å². The number of carbonyl (C=O) groups excluding carboxylic acids is 3. The number of carbonyl (C=O) groups is 3. The number of benzene rings is 2. The fourth-order valence-corrected chi connectivity index (χ4v) is 5.60. The monoisotopic (exact) mass is 527 g/mol. The van der Waals surface area contributed by atoms with E-state index in [0.717, 1.165) is 18.1 Å². The van der Waals surface area contributed by atoms with E-state index < -0.39 is 34.5 Å². The van der Waals surface area contributed by atoms with E-state index in [1.54, 1.807) is 24.3 Å². The summed E-state index contributed by atoms with van der Waals surface area (Å²) in [6.07, 6.45) is 2.85. The van der Waals surface area contributed by atoms with Crippen molar-refractivity contribution in [2.75, 3.05) is 24.6 Å². The van der Waals surface area contributed by atoms with Crippen LogP contribution in [0.15, 0.2) is 70.2 Å². The van der Waals surface area contributed by atoms with Crippen molar-refractivity contribution >= 4 is 33.6 Å². The molecule has 12 heteroatoms. The first-order valence-electron chi connectivity index (χ1n) is 11.4. The number of imide groups is 1.